The molecular weight excluding hydrogens is 250 g/mol. The van der Waals surface area contributed by atoms with Gasteiger partial charge in [-0.05, 0) is 31.2 Å². The van der Waals surface area contributed by atoms with Crippen LogP contribution in [0.25, 0.3) is 0 Å². The van der Waals surface area contributed by atoms with Gasteiger partial charge >= 0.3 is 0 Å². The van der Waals surface area contributed by atoms with Gasteiger partial charge in [0.05, 0.1) is 5.92 Å². The number of ketones is 1. The second kappa shape index (κ2) is 6.98. The Labute approximate surface area is 122 Å². The van der Waals surface area contributed by atoms with Crippen LogP contribution in [0.15, 0.2) is 24.5 Å². The van der Waals surface area contributed by atoms with Crippen LogP contribution in [0.3, 0.4) is 0 Å². The van der Waals surface area contributed by atoms with Crippen molar-refractivity contribution in [3.05, 3.63) is 30.1 Å². The van der Waals surface area contributed by atoms with E-state index in [9.17, 15) is 4.79 Å². The third-order valence-corrected chi connectivity index (χ3v) is 4.18. The maximum absolute atomic E-state index is 12.4. The molecule has 1 aromatic heterocycles. The molecule has 3 nitrogen and oxygen atoms in total. The minimum Gasteiger partial charge on any atom is -0.381 e. The van der Waals surface area contributed by atoms with Crippen LogP contribution >= 0.6 is 0 Å². The fraction of sp³-hybridized carbons (Fsp3) is 0.647. The van der Waals surface area contributed by atoms with Gasteiger partial charge in [-0.15, -0.1) is 0 Å². The molecule has 2 rings (SSSR count). The zero-order chi connectivity index (χ0) is 14.5. The van der Waals surface area contributed by atoms with Gasteiger partial charge in [0, 0.05) is 31.3 Å². The minimum atomic E-state index is 0.0769. The second-order valence-corrected chi connectivity index (χ2v) is 6.17. The van der Waals surface area contributed by atoms with E-state index in [1.807, 2.05) is 6.92 Å². The minimum absolute atomic E-state index is 0.0769. The Morgan fingerprint density at radius 1 is 1.25 bits per heavy atom. The monoisotopic (exact) mass is 276 g/mol. The molecule has 1 unspecified atom stereocenters. The predicted molar refractivity (Wildman–Crippen MR) is 78.4 cm³/mol. The van der Waals surface area contributed by atoms with Crippen molar-refractivity contribution in [2.45, 2.75) is 46.1 Å². The Kier molecular flexibility index (Phi) is 5.30. The lowest BCUT2D eigenvalue weighted by atomic mass is 9.88. The lowest BCUT2D eigenvalue weighted by molar-refractivity contribution is -0.700. The fourth-order valence-electron chi connectivity index (χ4n) is 2.77. The summed E-state index contributed by atoms with van der Waals surface area (Å²) in [4.78, 5) is 12.4. The highest BCUT2D eigenvalue weighted by molar-refractivity contribution is 5.82. The molecular formula is C17H26NO2+. The molecule has 1 aliphatic rings. The van der Waals surface area contributed by atoms with Crippen molar-refractivity contribution in [1.29, 1.82) is 0 Å². The summed E-state index contributed by atoms with van der Waals surface area (Å²) < 4.78 is 7.44. The number of hydrogen-bond donors (Lipinski definition) is 0. The number of carbonyl (C=O) groups is 1. The van der Waals surface area contributed by atoms with E-state index in [4.69, 9.17) is 4.74 Å². The molecule has 1 saturated heterocycles. The van der Waals surface area contributed by atoms with Gasteiger partial charge in [0.15, 0.2) is 18.9 Å². The SMILES string of the molecule is CC(C[n+]1ccc(C(C)C)cc1)C(=O)C1CCOCC1. The Hall–Kier alpha value is -1.22. The molecule has 0 spiro atoms. The van der Waals surface area contributed by atoms with Gasteiger partial charge < -0.3 is 4.74 Å². The average Bonchev–Trinajstić information content (AvgIpc) is 2.48. The second-order valence-electron chi connectivity index (χ2n) is 6.17. The average molecular weight is 276 g/mol. The van der Waals surface area contributed by atoms with Crippen molar-refractivity contribution >= 4 is 5.78 Å². The summed E-state index contributed by atoms with van der Waals surface area (Å²) in [6.07, 6.45) is 5.95. The first-order valence-corrected chi connectivity index (χ1v) is 7.68. The Morgan fingerprint density at radius 2 is 1.85 bits per heavy atom. The molecule has 0 aromatic carbocycles. The lowest BCUT2D eigenvalue weighted by Crippen LogP contribution is -2.40. The summed E-state index contributed by atoms with van der Waals surface area (Å²) in [6.45, 7) is 8.67. The van der Waals surface area contributed by atoms with E-state index in [0.29, 0.717) is 11.7 Å². The van der Waals surface area contributed by atoms with E-state index in [0.717, 1.165) is 32.6 Å². The Morgan fingerprint density at radius 3 is 2.40 bits per heavy atom. The van der Waals surface area contributed by atoms with Crippen molar-refractivity contribution in [1.82, 2.24) is 0 Å². The highest BCUT2D eigenvalue weighted by atomic mass is 16.5. The number of pyridine rings is 1. The predicted octanol–water partition coefficient (Wildman–Crippen LogP) is 2.73. The Balaban J connectivity index is 1.92. The summed E-state index contributed by atoms with van der Waals surface area (Å²) >= 11 is 0. The van der Waals surface area contributed by atoms with Gasteiger partial charge in [0.25, 0.3) is 0 Å². The lowest BCUT2D eigenvalue weighted by Gasteiger charge is -2.22. The van der Waals surface area contributed by atoms with E-state index in [1.54, 1.807) is 0 Å². The molecule has 0 radical (unpaired) electrons. The number of Topliss-reactive ketones (excluding diaryl/α,β-unsaturated/α-hetero) is 1. The molecule has 0 saturated carbocycles. The first-order valence-electron chi connectivity index (χ1n) is 7.68. The fourth-order valence-corrected chi connectivity index (χ4v) is 2.77. The van der Waals surface area contributed by atoms with Gasteiger partial charge in [-0.3, -0.25) is 4.79 Å². The van der Waals surface area contributed by atoms with Crippen LogP contribution in [0.4, 0.5) is 0 Å². The molecule has 0 N–H and O–H groups in total. The zero-order valence-corrected chi connectivity index (χ0v) is 12.8. The van der Waals surface area contributed by atoms with Gasteiger partial charge in [-0.25, -0.2) is 4.57 Å². The summed E-state index contributed by atoms with van der Waals surface area (Å²) in [5.74, 6) is 1.22. The largest absolute Gasteiger partial charge is 0.381 e. The van der Waals surface area contributed by atoms with Crippen molar-refractivity contribution < 1.29 is 14.1 Å². The van der Waals surface area contributed by atoms with Crippen LogP contribution in [0, 0.1) is 11.8 Å². The van der Waals surface area contributed by atoms with Crippen molar-refractivity contribution in [2.24, 2.45) is 11.8 Å². The van der Waals surface area contributed by atoms with Gasteiger partial charge in [-0.1, -0.05) is 13.8 Å². The van der Waals surface area contributed by atoms with Crippen LogP contribution < -0.4 is 4.57 Å². The van der Waals surface area contributed by atoms with E-state index in [-0.39, 0.29) is 11.8 Å². The molecule has 1 atom stereocenters. The third kappa shape index (κ3) is 3.89. The quantitative estimate of drug-likeness (QED) is 0.774. The molecule has 2 heterocycles. The van der Waals surface area contributed by atoms with E-state index in [2.05, 4.69) is 42.9 Å². The van der Waals surface area contributed by atoms with Crippen LogP contribution in [0.5, 0.6) is 0 Å². The molecule has 0 bridgehead atoms. The summed E-state index contributed by atoms with van der Waals surface area (Å²) in [5.41, 5.74) is 1.34. The number of rotatable bonds is 5. The van der Waals surface area contributed by atoms with E-state index in [1.165, 1.54) is 5.56 Å². The number of ether oxygens (including phenoxy) is 1. The molecule has 1 aromatic rings. The zero-order valence-electron chi connectivity index (χ0n) is 12.8. The van der Waals surface area contributed by atoms with Crippen molar-refractivity contribution in [3.8, 4) is 0 Å². The summed E-state index contributed by atoms with van der Waals surface area (Å²) in [7, 11) is 0. The Bertz CT molecular complexity index is 433. The topological polar surface area (TPSA) is 30.2 Å². The van der Waals surface area contributed by atoms with E-state index >= 15 is 0 Å². The number of carbonyl (C=O) groups excluding carboxylic acids is 1. The molecule has 1 aliphatic heterocycles. The number of hydrogen-bond acceptors (Lipinski definition) is 2. The first-order chi connectivity index (χ1) is 9.58. The molecule has 110 valence electrons. The molecule has 1 fully saturated rings. The van der Waals surface area contributed by atoms with Crippen LogP contribution in [0.1, 0.15) is 45.1 Å². The van der Waals surface area contributed by atoms with E-state index < -0.39 is 0 Å². The van der Waals surface area contributed by atoms with Gasteiger partial charge in [0.1, 0.15) is 5.78 Å². The van der Waals surface area contributed by atoms with Crippen LogP contribution in [0.2, 0.25) is 0 Å². The molecule has 20 heavy (non-hydrogen) atoms. The van der Waals surface area contributed by atoms with Crippen LogP contribution in [-0.4, -0.2) is 19.0 Å². The van der Waals surface area contributed by atoms with Gasteiger partial charge in [-0.2, -0.15) is 0 Å². The molecule has 0 aliphatic carbocycles. The molecule has 3 heteroatoms. The third-order valence-electron chi connectivity index (χ3n) is 4.18. The normalized spacial score (nSPS) is 18.2. The number of aromatic nitrogens is 1. The van der Waals surface area contributed by atoms with Gasteiger partial charge in [0.2, 0.25) is 0 Å². The molecule has 0 amide bonds. The maximum atomic E-state index is 12.4. The maximum Gasteiger partial charge on any atom is 0.169 e. The summed E-state index contributed by atoms with van der Waals surface area (Å²) in [6, 6.07) is 4.30. The van der Waals surface area contributed by atoms with Crippen molar-refractivity contribution in [3.63, 3.8) is 0 Å². The van der Waals surface area contributed by atoms with Crippen LogP contribution in [-0.2, 0) is 16.1 Å². The standard InChI is InChI=1S/C17H26NO2/c1-13(2)15-4-8-18(9-5-15)12-14(3)17(19)16-6-10-20-11-7-16/h4-5,8-9,13-14,16H,6-7,10-12H2,1-3H3/q+1. The smallest absolute Gasteiger partial charge is 0.169 e. The van der Waals surface area contributed by atoms with Crippen molar-refractivity contribution in [2.75, 3.05) is 13.2 Å². The summed E-state index contributed by atoms with van der Waals surface area (Å²) in [5, 5.41) is 0. The number of nitrogens with zero attached hydrogens (tertiary/aromatic N) is 1. The highest BCUT2D eigenvalue weighted by Gasteiger charge is 2.27. The highest BCUT2D eigenvalue weighted by Crippen LogP contribution is 2.20. The first kappa shape index (κ1) is 15.2.